The second kappa shape index (κ2) is 6.99. The van der Waals surface area contributed by atoms with Gasteiger partial charge >= 0.3 is 23.9 Å². The molecule has 0 aromatic heterocycles. The van der Waals surface area contributed by atoms with E-state index in [1.165, 1.54) is 0 Å². The average Bonchev–Trinajstić information content (AvgIpc) is 3.18. The largest absolute Gasteiger partial charge is 0.458 e. The zero-order valence-corrected chi connectivity index (χ0v) is 17.1. The Hall–Kier alpha value is -2.12. The van der Waals surface area contributed by atoms with E-state index in [1.807, 2.05) is 6.92 Å². The summed E-state index contributed by atoms with van der Waals surface area (Å²) < 4.78 is 21.0. The monoisotopic (exact) mass is 408 g/mol. The lowest BCUT2D eigenvalue weighted by Gasteiger charge is -2.28. The molecule has 0 amide bonds. The fourth-order valence-corrected chi connectivity index (χ4v) is 5.70. The fourth-order valence-electron chi connectivity index (χ4n) is 5.70. The Kier molecular flexibility index (Phi) is 4.86. The van der Waals surface area contributed by atoms with Crippen molar-refractivity contribution in [2.75, 3.05) is 13.2 Å². The van der Waals surface area contributed by atoms with Crippen molar-refractivity contribution in [3.63, 3.8) is 0 Å². The summed E-state index contributed by atoms with van der Waals surface area (Å²) in [6.07, 6.45) is 3.37. The second-order valence-electron chi connectivity index (χ2n) is 9.58. The van der Waals surface area contributed by atoms with E-state index in [4.69, 9.17) is 18.9 Å². The highest BCUT2D eigenvalue weighted by Crippen LogP contribution is 2.68. The first kappa shape index (κ1) is 20.2. The molecule has 8 nitrogen and oxygen atoms in total. The van der Waals surface area contributed by atoms with Gasteiger partial charge in [-0.3, -0.25) is 9.59 Å². The number of hydrogen-bond acceptors (Lipinski definition) is 8. The fraction of sp³-hybridized carbons (Fsp3) is 0.810. The molecule has 3 aliphatic carbocycles. The summed E-state index contributed by atoms with van der Waals surface area (Å²) in [7, 11) is 0. The van der Waals surface area contributed by atoms with Crippen LogP contribution < -0.4 is 0 Å². The van der Waals surface area contributed by atoms with Crippen LogP contribution in [0.1, 0.15) is 52.9 Å². The van der Waals surface area contributed by atoms with E-state index in [9.17, 15) is 19.2 Å². The standard InChI is InChI=1S/C21H28O8/c1-4-20(2,3)19(25)27-9-14(22)26-10-15(23)28-16-12-5-11-6-13-18(24)29-17(16)21(13,7-11)8-12/h11-13,16-17H,4-10H2,1-3H3. The SMILES string of the molecule is CCC(C)(C)C(=O)OCC(=O)OCC(=O)OC1C2CC3CC4C(=O)OC1C4(C3)C2. The van der Waals surface area contributed by atoms with Gasteiger partial charge in [0.15, 0.2) is 13.2 Å². The third-order valence-corrected chi connectivity index (χ3v) is 7.44. The van der Waals surface area contributed by atoms with Crippen LogP contribution in [0.15, 0.2) is 0 Å². The predicted octanol–water partition coefficient (Wildman–Crippen LogP) is 1.78. The molecule has 6 unspecified atom stereocenters. The van der Waals surface area contributed by atoms with E-state index >= 15 is 0 Å². The van der Waals surface area contributed by atoms with Gasteiger partial charge in [-0.15, -0.1) is 0 Å². The van der Waals surface area contributed by atoms with Crippen molar-refractivity contribution in [3.8, 4) is 0 Å². The second-order valence-corrected chi connectivity index (χ2v) is 9.58. The molecule has 0 radical (unpaired) electrons. The maximum Gasteiger partial charge on any atom is 0.344 e. The zero-order valence-electron chi connectivity index (χ0n) is 17.1. The van der Waals surface area contributed by atoms with E-state index in [1.54, 1.807) is 13.8 Å². The van der Waals surface area contributed by atoms with Gasteiger partial charge in [-0.05, 0) is 51.9 Å². The molecule has 4 aliphatic rings. The van der Waals surface area contributed by atoms with Gasteiger partial charge < -0.3 is 18.9 Å². The van der Waals surface area contributed by atoms with Gasteiger partial charge in [-0.1, -0.05) is 6.92 Å². The van der Waals surface area contributed by atoms with Crippen molar-refractivity contribution in [1.82, 2.24) is 0 Å². The molecule has 160 valence electrons. The molecule has 1 heterocycles. The Balaban J connectivity index is 1.26. The summed E-state index contributed by atoms with van der Waals surface area (Å²) in [6, 6.07) is 0. The van der Waals surface area contributed by atoms with Gasteiger partial charge in [0.1, 0.15) is 12.2 Å². The van der Waals surface area contributed by atoms with Crippen molar-refractivity contribution < 1.29 is 38.1 Å². The summed E-state index contributed by atoms with van der Waals surface area (Å²) in [4.78, 5) is 48.1. The van der Waals surface area contributed by atoms with Crippen molar-refractivity contribution >= 4 is 23.9 Å². The summed E-state index contributed by atoms with van der Waals surface area (Å²) in [5, 5.41) is 0. The van der Waals surface area contributed by atoms with E-state index in [-0.39, 0.29) is 29.3 Å². The van der Waals surface area contributed by atoms with E-state index < -0.39 is 42.6 Å². The highest BCUT2D eigenvalue weighted by atomic mass is 16.6. The minimum Gasteiger partial charge on any atom is -0.458 e. The van der Waals surface area contributed by atoms with Gasteiger partial charge in [0.25, 0.3) is 0 Å². The Bertz CT molecular complexity index is 743. The lowest BCUT2D eigenvalue weighted by molar-refractivity contribution is -0.174. The maximum absolute atomic E-state index is 12.2. The van der Waals surface area contributed by atoms with E-state index in [0.717, 1.165) is 25.7 Å². The van der Waals surface area contributed by atoms with Gasteiger partial charge in [0.05, 0.1) is 11.3 Å². The van der Waals surface area contributed by atoms with Crippen LogP contribution >= 0.6 is 0 Å². The van der Waals surface area contributed by atoms with Crippen molar-refractivity contribution in [1.29, 1.82) is 0 Å². The summed E-state index contributed by atoms with van der Waals surface area (Å²) in [6.45, 7) is 4.19. The van der Waals surface area contributed by atoms with Crippen LogP contribution in [-0.4, -0.2) is 49.3 Å². The Morgan fingerprint density at radius 3 is 2.55 bits per heavy atom. The van der Waals surface area contributed by atoms with Crippen LogP contribution in [0, 0.1) is 28.6 Å². The molecule has 6 atom stereocenters. The van der Waals surface area contributed by atoms with Crippen LogP contribution in [0.2, 0.25) is 0 Å². The first-order valence-electron chi connectivity index (χ1n) is 10.4. The molecule has 8 heteroatoms. The van der Waals surface area contributed by atoms with Crippen LogP contribution in [0.5, 0.6) is 0 Å². The van der Waals surface area contributed by atoms with Crippen LogP contribution in [0.25, 0.3) is 0 Å². The predicted molar refractivity (Wildman–Crippen MR) is 97.1 cm³/mol. The Morgan fingerprint density at radius 1 is 1.10 bits per heavy atom. The minimum atomic E-state index is -0.808. The lowest BCUT2D eigenvalue weighted by atomic mass is 9.73. The van der Waals surface area contributed by atoms with Gasteiger partial charge in [-0.25, -0.2) is 9.59 Å². The molecule has 29 heavy (non-hydrogen) atoms. The van der Waals surface area contributed by atoms with Gasteiger partial charge in [-0.2, -0.15) is 0 Å². The van der Waals surface area contributed by atoms with Gasteiger partial charge in [0.2, 0.25) is 0 Å². The van der Waals surface area contributed by atoms with Crippen molar-refractivity contribution in [2.24, 2.45) is 28.6 Å². The van der Waals surface area contributed by atoms with E-state index in [0.29, 0.717) is 12.3 Å². The zero-order chi connectivity index (χ0) is 21.0. The first-order chi connectivity index (χ1) is 13.7. The highest BCUT2D eigenvalue weighted by Gasteiger charge is 2.72. The Morgan fingerprint density at radius 2 is 1.83 bits per heavy atom. The highest BCUT2D eigenvalue weighted by molar-refractivity contribution is 5.81. The number of carbonyl (C=O) groups is 4. The molecule has 0 aromatic rings. The maximum atomic E-state index is 12.2. The van der Waals surface area contributed by atoms with Crippen LogP contribution in [0.3, 0.4) is 0 Å². The molecular formula is C21H28O8. The normalized spacial score (nSPS) is 36.5. The average molecular weight is 408 g/mol. The number of carbonyl (C=O) groups excluding carboxylic acids is 4. The lowest BCUT2D eigenvalue weighted by Crippen LogP contribution is -2.37. The molecule has 0 N–H and O–H groups in total. The molecule has 1 aliphatic heterocycles. The number of fused-ring (bicyclic) bond motifs is 2. The molecule has 4 rings (SSSR count). The van der Waals surface area contributed by atoms with Crippen LogP contribution in [-0.2, 0) is 38.1 Å². The summed E-state index contributed by atoms with van der Waals surface area (Å²) in [5.74, 6) is -1.52. The quantitative estimate of drug-likeness (QED) is 0.464. The minimum absolute atomic E-state index is 0.0638. The third kappa shape index (κ3) is 3.30. The first-order valence-corrected chi connectivity index (χ1v) is 10.4. The smallest absolute Gasteiger partial charge is 0.344 e. The molecule has 3 saturated carbocycles. The third-order valence-electron chi connectivity index (χ3n) is 7.44. The van der Waals surface area contributed by atoms with Crippen LogP contribution in [0.4, 0.5) is 0 Å². The molecule has 1 saturated heterocycles. The molecule has 3 bridgehead atoms. The Labute approximate surface area is 169 Å². The number of esters is 4. The summed E-state index contributed by atoms with van der Waals surface area (Å²) in [5.41, 5.74) is -0.860. The number of rotatable bonds is 7. The molecular weight excluding hydrogens is 380 g/mol. The number of ether oxygens (including phenoxy) is 4. The van der Waals surface area contributed by atoms with Crippen molar-refractivity contribution in [3.05, 3.63) is 0 Å². The number of hydrogen-bond donors (Lipinski definition) is 0. The van der Waals surface area contributed by atoms with Crippen molar-refractivity contribution in [2.45, 2.75) is 65.1 Å². The molecule has 1 spiro atoms. The molecule has 4 fully saturated rings. The molecule has 0 aromatic carbocycles. The van der Waals surface area contributed by atoms with Gasteiger partial charge in [0, 0.05) is 11.3 Å². The summed E-state index contributed by atoms with van der Waals surface area (Å²) >= 11 is 0. The van der Waals surface area contributed by atoms with E-state index in [2.05, 4.69) is 0 Å². The topological polar surface area (TPSA) is 105 Å².